The van der Waals surface area contributed by atoms with Gasteiger partial charge in [0.1, 0.15) is 0 Å². The summed E-state index contributed by atoms with van der Waals surface area (Å²) in [6, 6.07) is 7.51. The largest absolute Gasteiger partial charge is 0.335 e. The Morgan fingerprint density at radius 2 is 1.97 bits per heavy atom. The van der Waals surface area contributed by atoms with Gasteiger partial charge in [-0.1, -0.05) is 65.2 Å². The Bertz CT molecular complexity index is 893. The van der Waals surface area contributed by atoms with Crippen molar-refractivity contribution >= 4 is 39.6 Å². The van der Waals surface area contributed by atoms with Crippen molar-refractivity contribution in [1.82, 2.24) is 25.4 Å². The molecule has 160 valence electrons. The highest BCUT2D eigenvalue weighted by Gasteiger charge is 2.23. The molecule has 0 spiro atoms. The predicted octanol–water partition coefficient (Wildman–Crippen LogP) is 4.53. The second kappa shape index (κ2) is 10.8. The van der Waals surface area contributed by atoms with Gasteiger partial charge in [-0.25, -0.2) is 4.79 Å². The van der Waals surface area contributed by atoms with Crippen molar-refractivity contribution in [3.63, 3.8) is 0 Å². The Labute approximate surface area is 189 Å². The quantitative estimate of drug-likeness (QED) is 0.438. The highest BCUT2D eigenvalue weighted by atomic mass is 79.9. The molecule has 1 saturated carbocycles. The number of benzene rings is 1. The number of carbonyl (C=O) groups excluding carboxylic acids is 2. The molecule has 1 aliphatic rings. The van der Waals surface area contributed by atoms with Gasteiger partial charge in [-0.15, -0.1) is 16.8 Å². The van der Waals surface area contributed by atoms with E-state index in [1.807, 2.05) is 28.8 Å². The van der Waals surface area contributed by atoms with E-state index in [0.29, 0.717) is 17.5 Å². The lowest BCUT2D eigenvalue weighted by Crippen LogP contribution is -2.47. The van der Waals surface area contributed by atoms with Gasteiger partial charge in [-0.05, 0) is 31.9 Å². The summed E-state index contributed by atoms with van der Waals surface area (Å²) >= 11 is 4.70. The number of hydrogen-bond acceptors (Lipinski definition) is 5. The van der Waals surface area contributed by atoms with E-state index in [1.54, 1.807) is 13.0 Å². The fourth-order valence-corrected chi connectivity index (χ4v) is 4.50. The number of rotatable bonds is 7. The fourth-order valence-electron chi connectivity index (χ4n) is 3.38. The Kier molecular flexibility index (Phi) is 8.09. The molecule has 30 heavy (non-hydrogen) atoms. The smallest absolute Gasteiger partial charge is 0.321 e. The highest BCUT2D eigenvalue weighted by Crippen LogP contribution is 2.27. The zero-order valence-electron chi connectivity index (χ0n) is 16.9. The minimum absolute atomic E-state index is 0.152. The third-order valence-electron chi connectivity index (χ3n) is 4.96. The lowest BCUT2D eigenvalue weighted by atomic mass is 9.96. The molecule has 1 aromatic heterocycles. The number of nitrogens with one attached hydrogen (secondary N) is 2. The van der Waals surface area contributed by atoms with E-state index in [4.69, 9.17) is 0 Å². The molecule has 0 saturated heterocycles. The lowest BCUT2D eigenvalue weighted by Gasteiger charge is -2.23. The second-order valence-corrected chi connectivity index (χ2v) is 9.49. The number of imide groups is 1. The number of hydrogen-bond donors (Lipinski definition) is 2. The van der Waals surface area contributed by atoms with Crippen LogP contribution in [0.1, 0.15) is 39.0 Å². The maximum absolute atomic E-state index is 12.5. The molecule has 0 bridgehead atoms. The van der Waals surface area contributed by atoms with Crippen LogP contribution in [0.3, 0.4) is 0 Å². The molecule has 7 nitrogen and oxygen atoms in total. The van der Waals surface area contributed by atoms with Gasteiger partial charge in [0, 0.05) is 22.6 Å². The molecule has 1 unspecified atom stereocenters. The first-order valence-electron chi connectivity index (χ1n) is 10.1. The van der Waals surface area contributed by atoms with E-state index in [-0.39, 0.29) is 11.9 Å². The van der Waals surface area contributed by atoms with Gasteiger partial charge >= 0.3 is 6.03 Å². The Morgan fingerprint density at radius 3 is 2.63 bits per heavy atom. The summed E-state index contributed by atoms with van der Waals surface area (Å²) in [5.41, 5.74) is 0.920. The number of aromatic nitrogens is 3. The molecule has 0 aliphatic heterocycles. The molecule has 1 fully saturated rings. The first-order chi connectivity index (χ1) is 14.5. The summed E-state index contributed by atoms with van der Waals surface area (Å²) in [7, 11) is 0. The van der Waals surface area contributed by atoms with Gasteiger partial charge < -0.3 is 5.32 Å². The van der Waals surface area contributed by atoms with Gasteiger partial charge in [-0.2, -0.15) is 0 Å². The summed E-state index contributed by atoms with van der Waals surface area (Å²) in [5, 5.41) is 14.0. The maximum Gasteiger partial charge on any atom is 0.321 e. The van der Waals surface area contributed by atoms with E-state index in [2.05, 4.69) is 43.3 Å². The van der Waals surface area contributed by atoms with Gasteiger partial charge in [0.15, 0.2) is 11.0 Å². The summed E-state index contributed by atoms with van der Waals surface area (Å²) in [6.07, 6.45) is 7.14. The Morgan fingerprint density at radius 1 is 1.27 bits per heavy atom. The number of amides is 3. The average Bonchev–Trinajstić information content (AvgIpc) is 3.11. The molecule has 2 aromatic rings. The van der Waals surface area contributed by atoms with Crippen LogP contribution >= 0.6 is 27.7 Å². The minimum Gasteiger partial charge on any atom is -0.335 e. The standard InChI is InChI=1S/C21H26BrN5O2S/c1-3-13-27-18(15-9-11-16(22)12-10-15)25-26-21(27)30-14(2)19(28)24-20(29)23-17-7-5-4-6-8-17/h3,9-12,14,17H,1,4-8,13H2,2H3,(H2,23,24,28,29). The second-order valence-electron chi connectivity index (χ2n) is 7.27. The monoisotopic (exact) mass is 491 g/mol. The number of allylic oxidation sites excluding steroid dienone is 1. The van der Waals surface area contributed by atoms with Gasteiger partial charge in [0.2, 0.25) is 5.91 Å². The number of nitrogens with zero attached hydrogens (tertiary/aromatic N) is 3. The van der Waals surface area contributed by atoms with Crippen molar-refractivity contribution in [1.29, 1.82) is 0 Å². The van der Waals surface area contributed by atoms with E-state index in [9.17, 15) is 9.59 Å². The maximum atomic E-state index is 12.5. The van der Waals surface area contributed by atoms with E-state index in [0.717, 1.165) is 35.7 Å². The SMILES string of the molecule is C=CCn1c(SC(C)C(=O)NC(=O)NC2CCCCC2)nnc1-c1ccc(Br)cc1. The predicted molar refractivity (Wildman–Crippen MR) is 122 cm³/mol. The molecule has 3 amide bonds. The minimum atomic E-state index is -0.507. The van der Waals surface area contributed by atoms with E-state index in [1.165, 1.54) is 18.2 Å². The van der Waals surface area contributed by atoms with Crippen LogP contribution in [0, 0.1) is 0 Å². The number of urea groups is 1. The number of thioether (sulfide) groups is 1. The molecule has 1 aliphatic carbocycles. The van der Waals surface area contributed by atoms with Crippen LogP contribution in [-0.4, -0.2) is 38.0 Å². The Hall–Kier alpha value is -2.13. The zero-order chi connectivity index (χ0) is 21.5. The molecule has 3 rings (SSSR count). The van der Waals surface area contributed by atoms with Gasteiger partial charge in [-0.3, -0.25) is 14.7 Å². The van der Waals surface area contributed by atoms with Crippen LogP contribution in [0.25, 0.3) is 11.4 Å². The normalized spacial score (nSPS) is 15.4. The lowest BCUT2D eigenvalue weighted by molar-refractivity contribution is -0.119. The van der Waals surface area contributed by atoms with E-state index >= 15 is 0 Å². The number of carbonyl (C=O) groups is 2. The van der Waals surface area contributed by atoms with Crippen LogP contribution in [0.2, 0.25) is 0 Å². The van der Waals surface area contributed by atoms with Crippen LogP contribution < -0.4 is 10.6 Å². The van der Waals surface area contributed by atoms with Gasteiger partial charge in [0.05, 0.1) is 5.25 Å². The van der Waals surface area contributed by atoms with Crippen molar-refractivity contribution < 1.29 is 9.59 Å². The van der Waals surface area contributed by atoms with Crippen molar-refractivity contribution in [2.75, 3.05) is 0 Å². The third-order valence-corrected chi connectivity index (χ3v) is 6.57. The van der Waals surface area contributed by atoms with Crippen molar-refractivity contribution in [2.24, 2.45) is 0 Å². The summed E-state index contributed by atoms with van der Waals surface area (Å²) < 4.78 is 2.89. The van der Waals surface area contributed by atoms with Crippen molar-refractivity contribution in [3.05, 3.63) is 41.4 Å². The zero-order valence-corrected chi connectivity index (χ0v) is 19.3. The topological polar surface area (TPSA) is 88.9 Å². The molecule has 0 radical (unpaired) electrons. The van der Waals surface area contributed by atoms with Crippen LogP contribution in [0.4, 0.5) is 4.79 Å². The van der Waals surface area contributed by atoms with Crippen LogP contribution in [0.5, 0.6) is 0 Å². The summed E-state index contributed by atoms with van der Waals surface area (Å²) in [4.78, 5) is 24.7. The van der Waals surface area contributed by atoms with Crippen molar-refractivity contribution in [2.45, 2.75) is 62.0 Å². The van der Waals surface area contributed by atoms with Crippen molar-refractivity contribution in [3.8, 4) is 11.4 Å². The molecular formula is C21H26BrN5O2S. The molecule has 9 heteroatoms. The molecule has 1 heterocycles. The van der Waals surface area contributed by atoms with Gasteiger partial charge in [0.25, 0.3) is 0 Å². The third kappa shape index (κ3) is 5.95. The molecule has 1 atom stereocenters. The average molecular weight is 492 g/mol. The van der Waals surface area contributed by atoms with E-state index < -0.39 is 11.3 Å². The van der Waals surface area contributed by atoms with Crippen LogP contribution in [0.15, 0.2) is 46.5 Å². The first-order valence-corrected chi connectivity index (χ1v) is 11.7. The Balaban J connectivity index is 1.64. The summed E-state index contributed by atoms with van der Waals surface area (Å²) in [6.45, 7) is 6.07. The van der Waals surface area contributed by atoms with Crippen LogP contribution in [-0.2, 0) is 11.3 Å². The molecular weight excluding hydrogens is 466 g/mol. The highest BCUT2D eigenvalue weighted by molar-refractivity contribution is 9.10. The molecule has 2 N–H and O–H groups in total. The first kappa shape index (κ1) is 22.6. The number of halogens is 1. The molecule has 1 aromatic carbocycles. The fraction of sp³-hybridized carbons (Fsp3) is 0.429. The summed E-state index contributed by atoms with van der Waals surface area (Å²) in [5.74, 6) is 0.346.